The minimum Gasteiger partial charge on any atom is -0.379 e. The number of likely N-dealkylation sites (N-methyl/N-ethyl adjacent to an activating group) is 1. The van der Waals surface area contributed by atoms with E-state index in [0.717, 1.165) is 31.3 Å². The summed E-state index contributed by atoms with van der Waals surface area (Å²) in [4.78, 5) is 2.12. The van der Waals surface area contributed by atoms with Crippen molar-refractivity contribution in [2.45, 2.75) is 32.2 Å². The number of hydrogen-bond acceptors (Lipinski definition) is 2. The smallest absolute Gasteiger partial charge is 0.169 e. The Hall–Kier alpha value is -0.350. The number of rotatable bonds is 4. The Morgan fingerprint density at radius 3 is 3.00 bits per heavy atom. The minimum absolute atomic E-state index is 0.469. The summed E-state index contributed by atoms with van der Waals surface area (Å²) in [6, 6.07) is 0.469. The van der Waals surface area contributed by atoms with Crippen LogP contribution in [0.15, 0.2) is 0 Å². The van der Waals surface area contributed by atoms with Crippen LogP contribution in [-0.4, -0.2) is 42.9 Å². The highest BCUT2D eigenvalue weighted by molar-refractivity contribution is 7.80. The monoisotopic (exact) mass is 216 g/mol. The Kier molecular flexibility index (Phi) is 5.19. The van der Waals surface area contributed by atoms with Gasteiger partial charge in [0, 0.05) is 20.2 Å². The molecule has 1 heterocycles. The molecule has 0 bridgehead atoms. The highest BCUT2D eigenvalue weighted by Gasteiger charge is 2.21. The predicted octanol–water partition coefficient (Wildman–Crippen LogP) is 1.38. The second-order valence-electron chi connectivity index (χ2n) is 3.71. The maximum atomic E-state index is 5.32. The molecule has 0 amide bonds. The Balaban J connectivity index is 2.21. The summed E-state index contributed by atoms with van der Waals surface area (Å²) in [5.41, 5.74) is 0. The molecule has 1 rings (SSSR count). The zero-order valence-electron chi connectivity index (χ0n) is 9.08. The van der Waals surface area contributed by atoms with E-state index in [1.54, 1.807) is 0 Å². The third-order valence-electron chi connectivity index (χ3n) is 2.58. The Bertz CT molecular complexity index is 181. The molecule has 1 fully saturated rings. The van der Waals surface area contributed by atoms with Crippen LogP contribution in [0.1, 0.15) is 26.2 Å². The second-order valence-corrected chi connectivity index (χ2v) is 4.10. The van der Waals surface area contributed by atoms with Crippen LogP contribution < -0.4 is 5.32 Å². The van der Waals surface area contributed by atoms with E-state index in [2.05, 4.69) is 17.1 Å². The molecule has 1 saturated heterocycles. The van der Waals surface area contributed by atoms with E-state index in [4.69, 9.17) is 17.0 Å². The van der Waals surface area contributed by atoms with Crippen molar-refractivity contribution in [3.63, 3.8) is 0 Å². The molecule has 1 N–H and O–H groups in total. The first-order valence-electron chi connectivity index (χ1n) is 5.34. The first-order valence-corrected chi connectivity index (χ1v) is 5.75. The first kappa shape index (κ1) is 11.7. The fourth-order valence-electron chi connectivity index (χ4n) is 1.49. The van der Waals surface area contributed by atoms with Crippen LogP contribution in [0.2, 0.25) is 0 Å². The molecule has 0 aromatic heterocycles. The molecule has 1 unspecified atom stereocenters. The van der Waals surface area contributed by atoms with Crippen molar-refractivity contribution in [1.29, 1.82) is 0 Å². The van der Waals surface area contributed by atoms with Crippen LogP contribution in [0.4, 0.5) is 0 Å². The highest BCUT2D eigenvalue weighted by atomic mass is 32.1. The average molecular weight is 216 g/mol. The number of ether oxygens (including phenoxy) is 1. The molecule has 0 aromatic carbocycles. The number of hydrogen-bond donors (Lipinski definition) is 1. The van der Waals surface area contributed by atoms with E-state index in [1.807, 2.05) is 7.05 Å². The van der Waals surface area contributed by atoms with Gasteiger partial charge in [0.05, 0.1) is 12.6 Å². The minimum atomic E-state index is 0.469. The number of unbranched alkanes of at least 4 members (excludes halogenated alkanes) is 1. The van der Waals surface area contributed by atoms with Gasteiger partial charge in [-0.15, -0.1) is 0 Å². The summed E-state index contributed by atoms with van der Waals surface area (Å²) < 4.78 is 5.32. The van der Waals surface area contributed by atoms with Crippen molar-refractivity contribution >= 4 is 17.3 Å². The van der Waals surface area contributed by atoms with Crippen LogP contribution >= 0.6 is 12.2 Å². The van der Waals surface area contributed by atoms with Gasteiger partial charge in [0.1, 0.15) is 0 Å². The SMILES string of the molecule is CCCCNC(=S)N(C)C1CCOC1. The van der Waals surface area contributed by atoms with Gasteiger partial charge < -0.3 is 15.0 Å². The Morgan fingerprint density at radius 1 is 1.64 bits per heavy atom. The third kappa shape index (κ3) is 3.42. The van der Waals surface area contributed by atoms with Crippen molar-refractivity contribution in [1.82, 2.24) is 10.2 Å². The Labute approximate surface area is 91.8 Å². The van der Waals surface area contributed by atoms with Gasteiger partial charge in [0.15, 0.2) is 5.11 Å². The molecule has 14 heavy (non-hydrogen) atoms. The molecule has 1 aliphatic rings. The van der Waals surface area contributed by atoms with Gasteiger partial charge in [0.2, 0.25) is 0 Å². The van der Waals surface area contributed by atoms with Gasteiger partial charge in [-0.1, -0.05) is 13.3 Å². The van der Waals surface area contributed by atoms with Gasteiger partial charge in [-0.2, -0.15) is 0 Å². The van der Waals surface area contributed by atoms with E-state index >= 15 is 0 Å². The normalized spacial score (nSPS) is 20.9. The molecule has 82 valence electrons. The van der Waals surface area contributed by atoms with Gasteiger partial charge in [-0.25, -0.2) is 0 Å². The molecule has 0 spiro atoms. The molecule has 0 aliphatic carbocycles. The summed E-state index contributed by atoms with van der Waals surface area (Å²) in [7, 11) is 2.04. The van der Waals surface area contributed by atoms with Crippen LogP contribution in [-0.2, 0) is 4.74 Å². The van der Waals surface area contributed by atoms with E-state index in [9.17, 15) is 0 Å². The second kappa shape index (κ2) is 6.19. The summed E-state index contributed by atoms with van der Waals surface area (Å²) in [5.74, 6) is 0. The largest absolute Gasteiger partial charge is 0.379 e. The van der Waals surface area contributed by atoms with Crippen LogP contribution in [0.25, 0.3) is 0 Å². The quantitative estimate of drug-likeness (QED) is 0.567. The molecule has 0 saturated carbocycles. The van der Waals surface area contributed by atoms with E-state index in [-0.39, 0.29) is 0 Å². The number of nitrogens with one attached hydrogen (secondary N) is 1. The van der Waals surface area contributed by atoms with Crippen molar-refractivity contribution in [3.05, 3.63) is 0 Å². The average Bonchev–Trinajstić information content (AvgIpc) is 2.69. The van der Waals surface area contributed by atoms with Gasteiger partial charge in [-0.05, 0) is 25.1 Å². The van der Waals surface area contributed by atoms with E-state index < -0.39 is 0 Å². The lowest BCUT2D eigenvalue weighted by atomic mass is 10.2. The lowest BCUT2D eigenvalue weighted by Crippen LogP contribution is -2.43. The van der Waals surface area contributed by atoms with Gasteiger partial charge >= 0.3 is 0 Å². The molecule has 1 atom stereocenters. The Morgan fingerprint density at radius 2 is 2.43 bits per heavy atom. The summed E-state index contributed by atoms with van der Waals surface area (Å²) in [5, 5.41) is 4.12. The predicted molar refractivity (Wildman–Crippen MR) is 62.5 cm³/mol. The van der Waals surface area contributed by atoms with Crippen molar-refractivity contribution in [2.75, 3.05) is 26.8 Å². The summed E-state index contributed by atoms with van der Waals surface area (Å²) in [6.07, 6.45) is 3.47. The third-order valence-corrected chi connectivity index (χ3v) is 3.01. The van der Waals surface area contributed by atoms with Crippen LogP contribution in [0.3, 0.4) is 0 Å². The maximum absolute atomic E-state index is 5.32. The first-order chi connectivity index (χ1) is 6.75. The number of nitrogens with zero attached hydrogens (tertiary/aromatic N) is 1. The van der Waals surface area contributed by atoms with E-state index in [0.29, 0.717) is 6.04 Å². The maximum Gasteiger partial charge on any atom is 0.169 e. The fourth-order valence-corrected chi connectivity index (χ4v) is 1.74. The molecule has 0 radical (unpaired) electrons. The van der Waals surface area contributed by atoms with Crippen LogP contribution in [0.5, 0.6) is 0 Å². The lowest BCUT2D eigenvalue weighted by molar-refractivity contribution is 0.179. The summed E-state index contributed by atoms with van der Waals surface area (Å²) >= 11 is 5.29. The van der Waals surface area contributed by atoms with Gasteiger partial charge in [0.25, 0.3) is 0 Å². The summed E-state index contributed by atoms with van der Waals surface area (Å²) in [6.45, 7) is 4.84. The number of thiocarbonyl (C=S) groups is 1. The topological polar surface area (TPSA) is 24.5 Å². The zero-order valence-corrected chi connectivity index (χ0v) is 9.90. The van der Waals surface area contributed by atoms with Crippen molar-refractivity contribution < 1.29 is 4.74 Å². The molecular formula is C10H20N2OS. The zero-order chi connectivity index (χ0) is 10.4. The molecule has 1 aliphatic heterocycles. The highest BCUT2D eigenvalue weighted by Crippen LogP contribution is 2.10. The van der Waals surface area contributed by atoms with Gasteiger partial charge in [-0.3, -0.25) is 0 Å². The fraction of sp³-hybridized carbons (Fsp3) is 0.900. The standard InChI is InChI=1S/C10H20N2OS/c1-3-4-6-11-10(14)12(2)9-5-7-13-8-9/h9H,3-8H2,1-2H3,(H,11,14). The lowest BCUT2D eigenvalue weighted by Gasteiger charge is -2.26. The molecule has 3 nitrogen and oxygen atoms in total. The van der Waals surface area contributed by atoms with Crippen molar-refractivity contribution in [3.8, 4) is 0 Å². The molecular weight excluding hydrogens is 196 g/mol. The van der Waals surface area contributed by atoms with E-state index in [1.165, 1.54) is 12.8 Å². The van der Waals surface area contributed by atoms with Crippen molar-refractivity contribution in [2.24, 2.45) is 0 Å². The molecule has 0 aromatic rings. The molecule has 4 heteroatoms. The van der Waals surface area contributed by atoms with Crippen LogP contribution in [0, 0.1) is 0 Å².